The molecule has 0 radical (unpaired) electrons. The van der Waals surface area contributed by atoms with Crippen LogP contribution >= 0.6 is 0 Å². The van der Waals surface area contributed by atoms with Gasteiger partial charge < -0.3 is 9.67 Å². The van der Waals surface area contributed by atoms with Crippen LogP contribution in [0.5, 0.6) is 5.75 Å². The van der Waals surface area contributed by atoms with E-state index in [-0.39, 0.29) is 16.6 Å². The smallest absolute Gasteiger partial charge is 0.124 e. The maximum Gasteiger partial charge on any atom is 0.124 e. The number of para-hydroxylation sites is 3. The van der Waals surface area contributed by atoms with Gasteiger partial charge in [0, 0.05) is 51.1 Å². The van der Waals surface area contributed by atoms with Crippen LogP contribution in [-0.2, 0) is 10.8 Å². The summed E-state index contributed by atoms with van der Waals surface area (Å²) in [5, 5.41) is 13.4. The summed E-state index contributed by atoms with van der Waals surface area (Å²) in [5.74, 6) is 0.198. The van der Waals surface area contributed by atoms with E-state index in [1.807, 2.05) is 42.9 Å². The van der Waals surface area contributed by atoms with Gasteiger partial charge >= 0.3 is 0 Å². The van der Waals surface area contributed by atoms with E-state index < -0.39 is 0 Å². The zero-order valence-electron chi connectivity index (χ0n) is 33.8. The molecule has 5 nitrogen and oxygen atoms in total. The predicted octanol–water partition coefficient (Wildman–Crippen LogP) is 13.6. The van der Waals surface area contributed by atoms with Gasteiger partial charge in [-0.15, -0.1) is 0 Å². The van der Waals surface area contributed by atoms with Crippen LogP contribution in [0.4, 0.5) is 0 Å². The molecule has 58 heavy (non-hydrogen) atoms. The molecule has 4 aromatic heterocycles. The van der Waals surface area contributed by atoms with Crippen LogP contribution in [0.1, 0.15) is 52.7 Å². The molecule has 5 heteroatoms. The first-order valence-electron chi connectivity index (χ1n) is 19.9. The van der Waals surface area contributed by atoms with Gasteiger partial charge in [0.1, 0.15) is 5.75 Å². The molecule has 0 spiro atoms. The topological polar surface area (TPSA) is 63.8 Å². The Kier molecular flexibility index (Phi) is 9.04. The average molecular weight is 755 g/mol. The van der Waals surface area contributed by atoms with Gasteiger partial charge in [-0.1, -0.05) is 126 Å². The number of phenolic OH excluding ortho intramolecular Hbond substituents is 1. The molecule has 0 aliphatic heterocycles. The number of phenols is 1. The van der Waals surface area contributed by atoms with Gasteiger partial charge in [0.2, 0.25) is 0 Å². The van der Waals surface area contributed by atoms with E-state index >= 15 is 0 Å². The molecule has 0 aliphatic rings. The lowest BCUT2D eigenvalue weighted by atomic mass is 9.79. The summed E-state index contributed by atoms with van der Waals surface area (Å²) in [5.41, 5.74) is 15.2. The van der Waals surface area contributed by atoms with Crippen molar-refractivity contribution < 1.29 is 5.11 Å². The summed E-state index contributed by atoms with van der Waals surface area (Å²) in [6, 6.07) is 50.5. The van der Waals surface area contributed by atoms with Gasteiger partial charge in [0.05, 0.1) is 34.3 Å². The van der Waals surface area contributed by atoms with Crippen molar-refractivity contribution in [2.45, 2.75) is 52.4 Å². The molecule has 0 amide bonds. The molecule has 0 fully saturated rings. The minimum Gasteiger partial charge on any atom is -0.507 e. The second-order valence-corrected chi connectivity index (χ2v) is 17.2. The molecule has 0 aliphatic carbocycles. The summed E-state index contributed by atoms with van der Waals surface area (Å²) in [4.78, 5) is 14.6. The highest BCUT2D eigenvalue weighted by Gasteiger charge is 2.22. The first-order chi connectivity index (χ1) is 27.9. The minimum atomic E-state index is -0.0386. The van der Waals surface area contributed by atoms with Gasteiger partial charge in [-0.05, 0) is 99.3 Å². The Morgan fingerprint density at radius 2 is 1.12 bits per heavy atom. The van der Waals surface area contributed by atoms with Crippen LogP contribution in [0.15, 0.2) is 164 Å². The van der Waals surface area contributed by atoms with Crippen LogP contribution in [-0.4, -0.2) is 24.6 Å². The van der Waals surface area contributed by atoms with Crippen LogP contribution in [0.25, 0.3) is 83.5 Å². The Balaban J connectivity index is 1.19. The quantitative estimate of drug-likeness (QED) is 0.184. The third-order valence-electron chi connectivity index (χ3n) is 11.1. The van der Waals surface area contributed by atoms with Crippen molar-refractivity contribution in [3.8, 4) is 67.5 Å². The zero-order chi connectivity index (χ0) is 40.2. The van der Waals surface area contributed by atoms with Crippen molar-refractivity contribution in [1.82, 2.24) is 19.5 Å². The second-order valence-electron chi connectivity index (χ2n) is 17.2. The van der Waals surface area contributed by atoms with E-state index in [4.69, 9.17) is 9.97 Å². The number of hydrogen-bond acceptors (Lipinski definition) is 4. The number of rotatable bonds is 6. The molecule has 0 saturated carbocycles. The van der Waals surface area contributed by atoms with Crippen molar-refractivity contribution >= 4 is 21.8 Å². The Morgan fingerprint density at radius 3 is 1.86 bits per heavy atom. The number of benzene rings is 5. The molecule has 9 aromatic rings. The molecule has 1 N–H and O–H groups in total. The first-order valence-corrected chi connectivity index (χ1v) is 19.9. The SMILES string of the molecule is CC(C)(C)c1cc(-c2cc(-c3cccc(-c4cc(-c5cccc6c7ccncc7n(-c7ccccc7)c56)ccn4)c3)nc(-c3ccccc3O)c2)cc(C(C)(C)C)c1. The summed E-state index contributed by atoms with van der Waals surface area (Å²) in [6.45, 7) is 13.6. The van der Waals surface area contributed by atoms with E-state index in [0.29, 0.717) is 11.3 Å². The third kappa shape index (κ3) is 6.83. The molecular weight excluding hydrogens is 709 g/mol. The zero-order valence-corrected chi connectivity index (χ0v) is 33.8. The van der Waals surface area contributed by atoms with Crippen LogP contribution < -0.4 is 0 Å². The van der Waals surface area contributed by atoms with Crippen molar-refractivity contribution in [2.75, 3.05) is 0 Å². The molecule has 0 unspecified atom stereocenters. The molecule has 284 valence electrons. The maximum absolute atomic E-state index is 11.0. The van der Waals surface area contributed by atoms with E-state index in [2.05, 4.69) is 166 Å². The normalized spacial score (nSPS) is 12.0. The van der Waals surface area contributed by atoms with E-state index in [0.717, 1.165) is 66.9 Å². The highest BCUT2D eigenvalue weighted by atomic mass is 16.3. The summed E-state index contributed by atoms with van der Waals surface area (Å²) in [7, 11) is 0. The Hall–Kier alpha value is -6.85. The Labute approximate surface area is 340 Å². The predicted molar refractivity (Wildman–Crippen MR) is 240 cm³/mol. The monoisotopic (exact) mass is 754 g/mol. The highest BCUT2D eigenvalue weighted by Crippen LogP contribution is 2.41. The lowest BCUT2D eigenvalue weighted by Gasteiger charge is -2.26. The largest absolute Gasteiger partial charge is 0.507 e. The molecule has 0 saturated heterocycles. The fourth-order valence-corrected chi connectivity index (χ4v) is 7.92. The van der Waals surface area contributed by atoms with E-state index in [1.165, 1.54) is 16.5 Å². The van der Waals surface area contributed by atoms with Crippen molar-refractivity contribution in [1.29, 1.82) is 0 Å². The molecule has 0 atom stereocenters. The molecule has 5 aromatic carbocycles. The lowest BCUT2D eigenvalue weighted by Crippen LogP contribution is -2.16. The minimum absolute atomic E-state index is 0.0386. The second kappa shape index (κ2) is 14.3. The van der Waals surface area contributed by atoms with E-state index in [9.17, 15) is 5.11 Å². The van der Waals surface area contributed by atoms with Gasteiger partial charge in [-0.3, -0.25) is 9.97 Å². The summed E-state index contributed by atoms with van der Waals surface area (Å²) >= 11 is 0. The number of pyridine rings is 3. The summed E-state index contributed by atoms with van der Waals surface area (Å²) in [6.07, 6.45) is 5.72. The van der Waals surface area contributed by atoms with Gasteiger partial charge in [0.25, 0.3) is 0 Å². The Morgan fingerprint density at radius 1 is 0.483 bits per heavy atom. The Bertz CT molecular complexity index is 2950. The molecule has 9 rings (SSSR count). The summed E-state index contributed by atoms with van der Waals surface area (Å²) < 4.78 is 2.32. The fraction of sp³-hybridized carbons (Fsp3) is 0.151. The maximum atomic E-state index is 11.0. The van der Waals surface area contributed by atoms with Gasteiger partial charge in [-0.25, -0.2) is 4.98 Å². The van der Waals surface area contributed by atoms with E-state index in [1.54, 1.807) is 6.07 Å². The van der Waals surface area contributed by atoms with Crippen LogP contribution in [0.3, 0.4) is 0 Å². The van der Waals surface area contributed by atoms with Gasteiger partial charge in [-0.2, -0.15) is 0 Å². The fourth-order valence-electron chi connectivity index (χ4n) is 7.92. The number of aromatic nitrogens is 4. The van der Waals surface area contributed by atoms with Gasteiger partial charge in [0.15, 0.2) is 0 Å². The molecule has 4 heterocycles. The molecule has 0 bridgehead atoms. The van der Waals surface area contributed by atoms with Crippen molar-refractivity contribution in [3.63, 3.8) is 0 Å². The number of aromatic hydroxyl groups is 1. The number of fused-ring (bicyclic) bond motifs is 3. The molecular formula is C53H46N4O. The van der Waals surface area contributed by atoms with Crippen LogP contribution in [0.2, 0.25) is 0 Å². The van der Waals surface area contributed by atoms with Crippen molar-refractivity contribution in [2.24, 2.45) is 0 Å². The van der Waals surface area contributed by atoms with Crippen LogP contribution in [0, 0.1) is 0 Å². The average Bonchev–Trinajstić information content (AvgIpc) is 3.58. The standard InChI is InChI=1S/C53H46N4O/c1-52(2,3)39-27-37(28-40(32-39)53(4,5)6)38-30-47(56-48(31-38)45-18-10-11-21-50(45)58)36-15-12-14-35(26-36)46-29-34(22-25-55-46)42-19-13-20-44-43-23-24-54-33-49(43)57(51(42)44)41-16-8-7-9-17-41/h7-33,58H,1-6H3. The highest BCUT2D eigenvalue weighted by molar-refractivity contribution is 6.13. The number of hydrogen-bond donors (Lipinski definition) is 1. The lowest BCUT2D eigenvalue weighted by molar-refractivity contribution is 0.477. The first kappa shape index (κ1) is 36.8. The van der Waals surface area contributed by atoms with Crippen molar-refractivity contribution in [3.05, 3.63) is 175 Å². The third-order valence-corrected chi connectivity index (χ3v) is 11.1. The number of nitrogens with zero attached hydrogens (tertiary/aromatic N) is 4.